The van der Waals surface area contributed by atoms with Gasteiger partial charge in [0.1, 0.15) is 0 Å². The molecule has 1 heterocycles. The van der Waals surface area contributed by atoms with Crippen molar-refractivity contribution in [1.82, 2.24) is 9.97 Å². The molecule has 0 amide bonds. The Hall–Kier alpha value is -1.55. The number of para-hydroxylation sites is 2. The molecule has 0 aliphatic carbocycles. The molecule has 0 radical (unpaired) electrons. The van der Waals surface area contributed by atoms with Gasteiger partial charge in [0.25, 0.3) is 0 Å². The zero-order valence-electron chi connectivity index (χ0n) is 9.40. The molecule has 0 saturated heterocycles. The molecule has 3 N–H and O–H groups in total. The van der Waals surface area contributed by atoms with Gasteiger partial charge in [-0.2, -0.15) is 0 Å². The molecule has 4 nitrogen and oxygen atoms in total. The van der Waals surface area contributed by atoms with Gasteiger partial charge in [-0.15, -0.1) is 0 Å². The minimum atomic E-state index is -0.307. The number of fused-ring (bicyclic) bond motifs is 1. The van der Waals surface area contributed by atoms with E-state index in [1.165, 1.54) is 0 Å². The molecule has 0 bridgehead atoms. The second kappa shape index (κ2) is 4.99. The van der Waals surface area contributed by atoms with Gasteiger partial charge in [-0.05, 0) is 18.6 Å². The standard InChI is InChI=1S/C12H17N3O/c1-2-5-9(16)8-13-12-14-10-6-3-4-7-11(10)15-12/h3-4,6-7,9,16H,2,5,8H2,1H3,(H2,13,14,15). The second-order valence-electron chi connectivity index (χ2n) is 3.93. The first-order chi connectivity index (χ1) is 7.79. The summed E-state index contributed by atoms with van der Waals surface area (Å²) in [4.78, 5) is 7.53. The monoisotopic (exact) mass is 219 g/mol. The lowest BCUT2D eigenvalue weighted by molar-refractivity contribution is 0.176. The van der Waals surface area contributed by atoms with E-state index in [9.17, 15) is 5.11 Å². The third kappa shape index (κ3) is 2.52. The fraction of sp³-hybridized carbons (Fsp3) is 0.417. The Bertz CT molecular complexity index is 419. The quantitative estimate of drug-likeness (QED) is 0.722. The zero-order chi connectivity index (χ0) is 11.4. The molecule has 0 aliphatic heterocycles. The molecule has 0 fully saturated rings. The van der Waals surface area contributed by atoms with Gasteiger partial charge in [0.05, 0.1) is 17.1 Å². The van der Waals surface area contributed by atoms with Crippen molar-refractivity contribution in [3.63, 3.8) is 0 Å². The number of H-pyrrole nitrogens is 1. The Morgan fingerprint density at radius 1 is 1.44 bits per heavy atom. The molecule has 2 aromatic rings. The van der Waals surface area contributed by atoms with Crippen molar-refractivity contribution >= 4 is 17.0 Å². The Labute approximate surface area is 94.7 Å². The van der Waals surface area contributed by atoms with Crippen molar-refractivity contribution in [2.75, 3.05) is 11.9 Å². The van der Waals surface area contributed by atoms with E-state index in [0.717, 1.165) is 29.8 Å². The van der Waals surface area contributed by atoms with Gasteiger partial charge in [0, 0.05) is 6.54 Å². The molecule has 0 spiro atoms. The van der Waals surface area contributed by atoms with Gasteiger partial charge >= 0.3 is 0 Å². The van der Waals surface area contributed by atoms with Crippen molar-refractivity contribution in [3.8, 4) is 0 Å². The average molecular weight is 219 g/mol. The summed E-state index contributed by atoms with van der Waals surface area (Å²) in [7, 11) is 0. The van der Waals surface area contributed by atoms with Crippen LogP contribution in [0.15, 0.2) is 24.3 Å². The smallest absolute Gasteiger partial charge is 0.201 e. The second-order valence-corrected chi connectivity index (χ2v) is 3.93. The van der Waals surface area contributed by atoms with Crippen LogP contribution in [0.1, 0.15) is 19.8 Å². The van der Waals surface area contributed by atoms with E-state index >= 15 is 0 Å². The van der Waals surface area contributed by atoms with Crippen LogP contribution in [0.2, 0.25) is 0 Å². The number of anilines is 1. The molecule has 0 aliphatic rings. The third-order valence-corrected chi connectivity index (χ3v) is 2.52. The highest BCUT2D eigenvalue weighted by molar-refractivity contribution is 5.77. The molecule has 86 valence electrons. The number of benzene rings is 1. The van der Waals surface area contributed by atoms with Gasteiger partial charge in [0.15, 0.2) is 0 Å². The Morgan fingerprint density at radius 3 is 3.00 bits per heavy atom. The normalized spacial score (nSPS) is 12.9. The van der Waals surface area contributed by atoms with Crippen LogP contribution in [0.25, 0.3) is 11.0 Å². The number of aliphatic hydroxyl groups is 1. The number of rotatable bonds is 5. The summed E-state index contributed by atoms with van der Waals surface area (Å²) in [5.41, 5.74) is 1.95. The van der Waals surface area contributed by atoms with Crippen LogP contribution in [-0.2, 0) is 0 Å². The molecule has 2 rings (SSSR count). The van der Waals surface area contributed by atoms with E-state index in [-0.39, 0.29) is 6.10 Å². The van der Waals surface area contributed by atoms with Crippen molar-refractivity contribution in [2.45, 2.75) is 25.9 Å². The average Bonchev–Trinajstić information content (AvgIpc) is 2.69. The van der Waals surface area contributed by atoms with Crippen LogP contribution >= 0.6 is 0 Å². The maximum absolute atomic E-state index is 9.58. The van der Waals surface area contributed by atoms with Gasteiger partial charge in [-0.25, -0.2) is 4.98 Å². The fourth-order valence-electron chi connectivity index (χ4n) is 1.69. The topological polar surface area (TPSA) is 60.9 Å². The molecular weight excluding hydrogens is 202 g/mol. The Balaban J connectivity index is 1.99. The minimum absolute atomic E-state index is 0.307. The van der Waals surface area contributed by atoms with Crippen molar-refractivity contribution in [2.24, 2.45) is 0 Å². The first-order valence-electron chi connectivity index (χ1n) is 5.66. The van der Waals surface area contributed by atoms with E-state index in [1.807, 2.05) is 24.3 Å². The summed E-state index contributed by atoms with van der Waals surface area (Å²) >= 11 is 0. The number of imidazole rings is 1. The van der Waals surface area contributed by atoms with Crippen LogP contribution < -0.4 is 5.32 Å². The number of nitrogens with one attached hydrogen (secondary N) is 2. The summed E-state index contributed by atoms with van der Waals surface area (Å²) in [6.45, 7) is 2.60. The minimum Gasteiger partial charge on any atom is -0.391 e. The van der Waals surface area contributed by atoms with Gasteiger partial charge in [-0.1, -0.05) is 25.5 Å². The summed E-state index contributed by atoms with van der Waals surface area (Å²) in [6.07, 6.45) is 1.49. The molecule has 1 unspecified atom stereocenters. The van der Waals surface area contributed by atoms with Crippen LogP contribution in [0, 0.1) is 0 Å². The van der Waals surface area contributed by atoms with E-state index in [4.69, 9.17) is 0 Å². The highest BCUT2D eigenvalue weighted by atomic mass is 16.3. The first kappa shape index (κ1) is 11.0. The predicted molar refractivity (Wildman–Crippen MR) is 65.5 cm³/mol. The molecule has 1 aromatic heterocycles. The van der Waals surface area contributed by atoms with Crippen LogP contribution in [-0.4, -0.2) is 27.7 Å². The highest BCUT2D eigenvalue weighted by Crippen LogP contribution is 2.13. The van der Waals surface area contributed by atoms with Crippen LogP contribution in [0.3, 0.4) is 0 Å². The molecular formula is C12H17N3O. The third-order valence-electron chi connectivity index (χ3n) is 2.52. The maximum Gasteiger partial charge on any atom is 0.201 e. The largest absolute Gasteiger partial charge is 0.391 e. The lowest BCUT2D eigenvalue weighted by atomic mass is 10.2. The lowest BCUT2D eigenvalue weighted by Crippen LogP contribution is -2.19. The van der Waals surface area contributed by atoms with Crippen LogP contribution in [0.5, 0.6) is 0 Å². The van der Waals surface area contributed by atoms with E-state index in [2.05, 4.69) is 22.2 Å². The summed E-state index contributed by atoms with van der Waals surface area (Å²) in [5.74, 6) is 0.719. The maximum atomic E-state index is 9.58. The summed E-state index contributed by atoms with van der Waals surface area (Å²) < 4.78 is 0. The number of aromatic amines is 1. The number of hydrogen-bond acceptors (Lipinski definition) is 3. The van der Waals surface area contributed by atoms with Gasteiger partial charge in [-0.3, -0.25) is 0 Å². The Morgan fingerprint density at radius 2 is 2.25 bits per heavy atom. The van der Waals surface area contributed by atoms with E-state index in [0.29, 0.717) is 6.54 Å². The number of nitrogens with zero attached hydrogens (tertiary/aromatic N) is 1. The Kier molecular flexibility index (Phi) is 3.41. The van der Waals surface area contributed by atoms with Crippen LogP contribution in [0.4, 0.5) is 5.95 Å². The first-order valence-corrected chi connectivity index (χ1v) is 5.66. The molecule has 1 aromatic carbocycles. The van der Waals surface area contributed by atoms with Crippen molar-refractivity contribution in [1.29, 1.82) is 0 Å². The molecule has 0 saturated carbocycles. The number of aliphatic hydroxyl groups excluding tert-OH is 1. The van der Waals surface area contributed by atoms with Gasteiger partial charge < -0.3 is 15.4 Å². The van der Waals surface area contributed by atoms with E-state index in [1.54, 1.807) is 0 Å². The molecule has 1 atom stereocenters. The summed E-state index contributed by atoms with van der Waals surface area (Å²) in [5, 5.41) is 12.7. The van der Waals surface area contributed by atoms with Gasteiger partial charge in [0.2, 0.25) is 5.95 Å². The highest BCUT2D eigenvalue weighted by Gasteiger charge is 2.04. The zero-order valence-corrected chi connectivity index (χ0v) is 9.40. The van der Waals surface area contributed by atoms with E-state index < -0.39 is 0 Å². The SMILES string of the molecule is CCCC(O)CNc1nc2ccccc2[nH]1. The lowest BCUT2D eigenvalue weighted by Gasteiger charge is -2.09. The predicted octanol–water partition coefficient (Wildman–Crippen LogP) is 2.14. The fourth-order valence-corrected chi connectivity index (χ4v) is 1.69. The number of aromatic nitrogens is 2. The van der Waals surface area contributed by atoms with Crippen molar-refractivity contribution in [3.05, 3.63) is 24.3 Å². The molecule has 16 heavy (non-hydrogen) atoms. The molecule has 4 heteroatoms. The number of hydrogen-bond donors (Lipinski definition) is 3. The summed E-state index contributed by atoms with van der Waals surface area (Å²) in [6, 6.07) is 7.87. The van der Waals surface area contributed by atoms with Crippen molar-refractivity contribution < 1.29 is 5.11 Å².